The third-order valence-corrected chi connectivity index (χ3v) is 3.48. The number of amides is 1. The number of hydrogen-bond donors (Lipinski definition) is 2. The molecule has 1 aliphatic heterocycles. The predicted octanol–water partition coefficient (Wildman–Crippen LogP) is 1.51. The van der Waals surface area contributed by atoms with Crippen molar-refractivity contribution < 1.29 is 32.2 Å². The van der Waals surface area contributed by atoms with Crippen molar-refractivity contribution in [1.29, 1.82) is 0 Å². The van der Waals surface area contributed by atoms with Crippen molar-refractivity contribution in [2.75, 3.05) is 19.8 Å². The summed E-state index contributed by atoms with van der Waals surface area (Å²) in [5.74, 6) is -8.59. The Balaban J connectivity index is 2.28. The summed E-state index contributed by atoms with van der Waals surface area (Å²) in [5.41, 5.74) is -2.01. The van der Waals surface area contributed by atoms with Crippen LogP contribution in [0.1, 0.15) is 23.2 Å². The fraction of sp³-hybridized carbons (Fsp3) is 0.462. The normalized spacial score (nSPS) is 17.6. The van der Waals surface area contributed by atoms with Crippen LogP contribution in [-0.2, 0) is 4.74 Å². The largest absolute Gasteiger partial charge is 0.394 e. The van der Waals surface area contributed by atoms with Gasteiger partial charge in [-0.15, -0.1) is 0 Å². The molecule has 0 saturated carbocycles. The van der Waals surface area contributed by atoms with Gasteiger partial charge in [0.05, 0.1) is 17.7 Å². The number of ether oxygens (including phenoxy) is 1. The van der Waals surface area contributed by atoms with Gasteiger partial charge in [-0.1, -0.05) is 0 Å². The van der Waals surface area contributed by atoms with Crippen LogP contribution in [0.2, 0.25) is 0 Å². The van der Waals surface area contributed by atoms with Crippen molar-refractivity contribution in [3.05, 3.63) is 34.9 Å². The van der Waals surface area contributed by atoms with E-state index in [1.165, 1.54) is 0 Å². The number of benzene rings is 1. The molecule has 1 saturated heterocycles. The van der Waals surface area contributed by atoms with Gasteiger partial charge in [-0.05, 0) is 18.9 Å². The molecule has 1 aliphatic rings. The van der Waals surface area contributed by atoms with Gasteiger partial charge in [0.25, 0.3) is 5.91 Å². The number of aliphatic hydroxyl groups is 1. The first-order valence-corrected chi connectivity index (χ1v) is 6.24. The molecule has 1 fully saturated rings. The van der Waals surface area contributed by atoms with Gasteiger partial charge in [0.2, 0.25) is 0 Å². The molecule has 0 aromatic heterocycles. The lowest BCUT2D eigenvalue weighted by atomic mass is 9.90. The maximum absolute atomic E-state index is 13.5. The van der Waals surface area contributed by atoms with Crippen molar-refractivity contribution in [1.82, 2.24) is 5.32 Å². The summed E-state index contributed by atoms with van der Waals surface area (Å²) in [6.07, 6.45) is 0.534. The average molecular weight is 307 g/mol. The van der Waals surface area contributed by atoms with Gasteiger partial charge in [0, 0.05) is 13.2 Å². The Hall–Kier alpha value is -1.67. The van der Waals surface area contributed by atoms with Crippen molar-refractivity contribution in [2.45, 2.75) is 18.4 Å². The minimum absolute atomic E-state index is 0.267. The fourth-order valence-corrected chi connectivity index (χ4v) is 2.13. The molecule has 0 unspecified atom stereocenters. The van der Waals surface area contributed by atoms with E-state index in [4.69, 9.17) is 4.74 Å². The summed E-state index contributed by atoms with van der Waals surface area (Å²) >= 11 is 0. The summed E-state index contributed by atoms with van der Waals surface area (Å²) < 4.78 is 57.7. The smallest absolute Gasteiger partial charge is 0.254 e. The Morgan fingerprint density at radius 2 is 1.81 bits per heavy atom. The highest BCUT2D eigenvalue weighted by atomic mass is 19.2. The zero-order valence-corrected chi connectivity index (χ0v) is 10.9. The Labute approximate surface area is 117 Å². The van der Waals surface area contributed by atoms with Crippen molar-refractivity contribution in [2.24, 2.45) is 0 Å². The van der Waals surface area contributed by atoms with E-state index in [1.54, 1.807) is 0 Å². The molecule has 4 nitrogen and oxygen atoms in total. The topological polar surface area (TPSA) is 58.6 Å². The maximum atomic E-state index is 13.5. The van der Waals surface area contributed by atoms with E-state index >= 15 is 0 Å². The molecule has 0 aliphatic carbocycles. The fourth-order valence-electron chi connectivity index (χ4n) is 2.13. The lowest BCUT2D eigenvalue weighted by molar-refractivity contribution is 0.0124. The van der Waals surface area contributed by atoms with Crippen LogP contribution in [0.5, 0.6) is 0 Å². The monoisotopic (exact) mass is 307 g/mol. The summed E-state index contributed by atoms with van der Waals surface area (Å²) in [6, 6.07) is 0.285. The third-order valence-electron chi connectivity index (χ3n) is 3.48. The van der Waals surface area contributed by atoms with Crippen LogP contribution >= 0.6 is 0 Å². The summed E-state index contributed by atoms with van der Waals surface area (Å²) in [5, 5.41) is 11.7. The summed E-state index contributed by atoms with van der Waals surface area (Å²) in [6.45, 7) is 0.112. The highest BCUT2D eigenvalue weighted by molar-refractivity contribution is 5.95. The van der Waals surface area contributed by atoms with Crippen LogP contribution < -0.4 is 5.32 Å². The lowest BCUT2D eigenvalue weighted by Gasteiger charge is -2.36. The molecule has 1 aromatic carbocycles. The molecule has 1 amide bonds. The molecule has 1 aromatic rings. The van der Waals surface area contributed by atoms with Gasteiger partial charge < -0.3 is 15.2 Å². The molecular formula is C13H13F4NO3. The molecule has 0 bridgehead atoms. The molecule has 0 atom stereocenters. The van der Waals surface area contributed by atoms with Crippen LogP contribution in [0.3, 0.4) is 0 Å². The van der Waals surface area contributed by atoms with E-state index < -0.39 is 46.9 Å². The first-order chi connectivity index (χ1) is 9.90. The number of hydrogen-bond acceptors (Lipinski definition) is 3. The molecule has 116 valence electrons. The standard InChI is InChI=1S/C13H13F4NO3/c14-8-5-7(9(15)11(17)10(8)16)12(20)18-13(6-19)1-3-21-4-2-13/h5,19H,1-4,6H2,(H,18,20). The number of carbonyl (C=O) groups excluding carboxylic acids is 1. The second-order valence-electron chi connectivity index (χ2n) is 4.85. The SMILES string of the molecule is O=C(NC1(CO)CCOCC1)c1cc(F)c(F)c(F)c1F. The molecule has 1 heterocycles. The second-order valence-corrected chi connectivity index (χ2v) is 4.85. The Morgan fingerprint density at radius 3 is 2.38 bits per heavy atom. The highest BCUT2D eigenvalue weighted by Crippen LogP contribution is 2.23. The average Bonchev–Trinajstić information content (AvgIpc) is 2.49. The van der Waals surface area contributed by atoms with E-state index in [0.717, 1.165) is 0 Å². The molecule has 2 N–H and O–H groups in total. The van der Waals surface area contributed by atoms with Gasteiger partial charge in [-0.3, -0.25) is 4.79 Å². The Bertz CT molecular complexity index is 559. The molecule has 0 spiro atoms. The Morgan fingerprint density at radius 1 is 1.19 bits per heavy atom. The van der Waals surface area contributed by atoms with E-state index in [0.29, 0.717) is 0 Å². The number of rotatable bonds is 3. The molecule has 21 heavy (non-hydrogen) atoms. The minimum atomic E-state index is -2.05. The van der Waals surface area contributed by atoms with Gasteiger partial charge >= 0.3 is 0 Å². The van der Waals surface area contributed by atoms with Crippen LogP contribution in [-0.4, -0.2) is 36.4 Å². The van der Waals surface area contributed by atoms with E-state index in [9.17, 15) is 27.5 Å². The summed E-state index contributed by atoms with van der Waals surface area (Å²) in [4.78, 5) is 12.0. The van der Waals surface area contributed by atoms with E-state index in [-0.39, 0.29) is 32.1 Å². The highest BCUT2D eigenvalue weighted by Gasteiger charge is 2.35. The summed E-state index contributed by atoms with van der Waals surface area (Å²) in [7, 11) is 0. The molecule has 0 radical (unpaired) electrons. The van der Waals surface area contributed by atoms with Gasteiger partial charge in [-0.2, -0.15) is 0 Å². The van der Waals surface area contributed by atoms with E-state index in [1.807, 2.05) is 0 Å². The van der Waals surface area contributed by atoms with Gasteiger partial charge in [0.15, 0.2) is 23.3 Å². The number of halogens is 4. The molecule has 8 heteroatoms. The van der Waals surface area contributed by atoms with Gasteiger partial charge in [0.1, 0.15) is 0 Å². The zero-order chi connectivity index (χ0) is 15.6. The van der Waals surface area contributed by atoms with Crippen molar-refractivity contribution in [3.8, 4) is 0 Å². The maximum Gasteiger partial charge on any atom is 0.254 e. The second kappa shape index (κ2) is 5.98. The van der Waals surface area contributed by atoms with Crippen LogP contribution in [0.15, 0.2) is 6.07 Å². The third kappa shape index (κ3) is 3.01. The minimum Gasteiger partial charge on any atom is -0.394 e. The number of carbonyl (C=O) groups is 1. The first kappa shape index (κ1) is 15.7. The van der Waals surface area contributed by atoms with Gasteiger partial charge in [-0.25, -0.2) is 17.6 Å². The number of aliphatic hydroxyl groups excluding tert-OH is 1. The molecule has 2 rings (SSSR count). The number of nitrogens with one attached hydrogen (secondary N) is 1. The predicted molar refractivity (Wildman–Crippen MR) is 63.6 cm³/mol. The lowest BCUT2D eigenvalue weighted by Crippen LogP contribution is -2.54. The first-order valence-electron chi connectivity index (χ1n) is 6.24. The zero-order valence-electron chi connectivity index (χ0n) is 10.9. The van der Waals surface area contributed by atoms with E-state index in [2.05, 4.69) is 5.32 Å². The molecular weight excluding hydrogens is 294 g/mol. The quantitative estimate of drug-likeness (QED) is 0.506. The Kier molecular flexibility index (Phi) is 4.48. The van der Waals surface area contributed by atoms with Crippen LogP contribution in [0.4, 0.5) is 17.6 Å². The van der Waals surface area contributed by atoms with Crippen LogP contribution in [0, 0.1) is 23.3 Å². The van der Waals surface area contributed by atoms with Crippen molar-refractivity contribution >= 4 is 5.91 Å². The van der Waals surface area contributed by atoms with Crippen molar-refractivity contribution in [3.63, 3.8) is 0 Å². The van der Waals surface area contributed by atoms with Crippen LogP contribution in [0.25, 0.3) is 0 Å².